The van der Waals surface area contributed by atoms with E-state index in [0.29, 0.717) is 24.3 Å². The van der Waals surface area contributed by atoms with Crippen LogP contribution >= 0.6 is 0 Å². The predicted octanol–water partition coefficient (Wildman–Crippen LogP) is 2.21. The lowest BCUT2D eigenvalue weighted by Crippen LogP contribution is -2.00. The summed E-state index contributed by atoms with van der Waals surface area (Å²) in [5, 5.41) is 0. The Balaban J connectivity index is 2.83. The highest BCUT2D eigenvalue weighted by molar-refractivity contribution is 5.80. The Labute approximate surface area is 83.9 Å². The fourth-order valence-electron chi connectivity index (χ4n) is 1.18. The van der Waals surface area contributed by atoms with Crippen molar-refractivity contribution in [2.24, 2.45) is 0 Å². The highest BCUT2D eigenvalue weighted by Crippen LogP contribution is 2.21. The van der Waals surface area contributed by atoms with Gasteiger partial charge in [0.05, 0.1) is 12.2 Å². The largest absolute Gasteiger partial charge is 0.492 e. The maximum atomic E-state index is 10.7. The summed E-state index contributed by atoms with van der Waals surface area (Å²) in [4.78, 5) is 10.7. The van der Waals surface area contributed by atoms with Gasteiger partial charge in [-0.1, -0.05) is 12.1 Å². The van der Waals surface area contributed by atoms with Gasteiger partial charge in [-0.25, -0.2) is 0 Å². The molecule has 72 valence electrons. The lowest BCUT2D eigenvalue weighted by atomic mass is 10.1. The smallest absolute Gasteiger partial charge is 0.153 e. The summed E-state index contributed by atoms with van der Waals surface area (Å²) in [6.45, 7) is 2.35. The minimum atomic E-state index is 0.447. The second-order valence-electron chi connectivity index (χ2n) is 2.91. The van der Waals surface area contributed by atoms with Crippen LogP contribution in [0.1, 0.15) is 22.3 Å². The third kappa shape index (κ3) is 2.37. The number of aryl methyl sites for hydroxylation is 1. The minimum Gasteiger partial charge on any atom is -0.492 e. The van der Waals surface area contributed by atoms with E-state index in [1.54, 1.807) is 6.07 Å². The molecule has 0 bridgehead atoms. The van der Waals surface area contributed by atoms with Gasteiger partial charge >= 0.3 is 0 Å². The van der Waals surface area contributed by atoms with E-state index in [1.165, 1.54) is 0 Å². The monoisotopic (exact) mass is 188 g/mol. The highest BCUT2D eigenvalue weighted by atomic mass is 16.5. The second kappa shape index (κ2) is 5.08. The van der Waals surface area contributed by atoms with Crippen molar-refractivity contribution in [2.75, 3.05) is 6.61 Å². The molecule has 0 amide bonds. The second-order valence-corrected chi connectivity index (χ2v) is 2.91. The number of hydrogen-bond donors (Lipinski definition) is 0. The molecular formula is C12H12O2. The van der Waals surface area contributed by atoms with Crippen molar-refractivity contribution in [2.45, 2.75) is 13.3 Å². The molecule has 0 atom stereocenters. The van der Waals surface area contributed by atoms with Crippen LogP contribution in [0.5, 0.6) is 5.75 Å². The maximum absolute atomic E-state index is 10.7. The zero-order chi connectivity index (χ0) is 10.4. The zero-order valence-electron chi connectivity index (χ0n) is 8.12. The van der Waals surface area contributed by atoms with Crippen LogP contribution in [0.4, 0.5) is 0 Å². The number of carbonyl (C=O) groups excluding carboxylic acids is 1. The van der Waals surface area contributed by atoms with Crippen LogP contribution in [0, 0.1) is 19.3 Å². The van der Waals surface area contributed by atoms with Gasteiger partial charge in [-0.05, 0) is 18.6 Å². The number of rotatable bonds is 4. The highest BCUT2D eigenvalue weighted by Gasteiger charge is 2.04. The van der Waals surface area contributed by atoms with E-state index >= 15 is 0 Å². The van der Waals surface area contributed by atoms with E-state index in [4.69, 9.17) is 11.2 Å². The Morgan fingerprint density at radius 3 is 3.00 bits per heavy atom. The molecule has 0 aliphatic rings. The summed E-state index contributed by atoms with van der Waals surface area (Å²) in [7, 11) is 0. The Hall–Kier alpha value is -1.75. The molecule has 0 aliphatic heterocycles. The molecule has 0 aromatic heterocycles. The zero-order valence-corrected chi connectivity index (χ0v) is 8.12. The summed E-state index contributed by atoms with van der Waals surface area (Å²) in [5.41, 5.74) is 1.52. The Bertz CT molecular complexity index is 361. The maximum Gasteiger partial charge on any atom is 0.153 e. The van der Waals surface area contributed by atoms with Crippen molar-refractivity contribution in [1.29, 1.82) is 0 Å². The van der Waals surface area contributed by atoms with E-state index in [0.717, 1.165) is 11.8 Å². The van der Waals surface area contributed by atoms with E-state index < -0.39 is 0 Å². The lowest BCUT2D eigenvalue weighted by molar-refractivity contribution is 0.111. The molecule has 2 nitrogen and oxygen atoms in total. The summed E-state index contributed by atoms with van der Waals surface area (Å²) in [6.07, 6.45) is 6.44. The molecule has 0 N–H and O–H groups in total. The summed E-state index contributed by atoms with van der Waals surface area (Å²) in [5.74, 6) is 3.12. The van der Waals surface area contributed by atoms with Gasteiger partial charge in [-0.15, -0.1) is 12.3 Å². The first-order chi connectivity index (χ1) is 6.79. The summed E-state index contributed by atoms with van der Waals surface area (Å²) >= 11 is 0. The molecule has 2 heteroatoms. The fourth-order valence-corrected chi connectivity index (χ4v) is 1.18. The number of ether oxygens (including phenoxy) is 1. The van der Waals surface area contributed by atoms with Gasteiger partial charge in [-0.2, -0.15) is 0 Å². The Morgan fingerprint density at radius 1 is 1.57 bits per heavy atom. The molecule has 0 unspecified atom stereocenters. The van der Waals surface area contributed by atoms with Crippen molar-refractivity contribution >= 4 is 6.29 Å². The molecule has 0 heterocycles. The first-order valence-electron chi connectivity index (χ1n) is 4.40. The third-order valence-electron chi connectivity index (χ3n) is 1.86. The summed E-state index contributed by atoms with van der Waals surface area (Å²) in [6, 6.07) is 5.45. The average molecular weight is 188 g/mol. The van der Waals surface area contributed by atoms with Crippen molar-refractivity contribution in [3.63, 3.8) is 0 Å². The number of terminal acetylenes is 1. The molecule has 0 radical (unpaired) electrons. The Kier molecular flexibility index (Phi) is 3.75. The van der Waals surface area contributed by atoms with Crippen LogP contribution in [0.25, 0.3) is 0 Å². The minimum absolute atomic E-state index is 0.447. The van der Waals surface area contributed by atoms with Crippen LogP contribution < -0.4 is 4.74 Å². The van der Waals surface area contributed by atoms with E-state index in [-0.39, 0.29) is 0 Å². The number of hydrogen-bond acceptors (Lipinski definition) is 2. The van der Waals surface area contributed by atoms with Gasteiger partial charge in [0.25, 0.3) is 0 Å². The molecule has 1 aromatic carbocycles. The van der Waals surface area contributed by atoms with Gasteiger partial charge in [0, 0.05) is 6.42 Å². The first-order valence-corrected chi connectivity index (χ1v) is 4.40. The number of benzene rings is 1. The predicted molar refractivity (Wildman–Crippen MR) is 55.5 cm³/mol. The first kappa shape index (κ1) is 10.3. The van der Waals surface area contributed by atoms with Gasteiger partial charge < -0.3 is 4.74 Å². The van der Waals surface area contributed by atoms with Crippen molar-refractivity contribution in [3.05, 3.63) is 29.3 Å². The molecule has 14 heavy (non-hydrogen) atoms. The van der Waals surface area contributed by atoms with Gasteiger partial charge in [0.15, 0.2) is 6.29 Å². The van der Waals surface area contributed by atoms with E-state index in [2.05, 4.69) is 5.92 Å². The molecule has 0 spiro atoms. The van der Waals surface area contributed by atoms with Crippen LogP contribution in [-0.4, -0.2) is 12.9 Å². The van der Waals surface area contributed by atoms with Gasteiger partial charge in [0.1, 0.15) is 5.75 Å². The molecule has 1 rings (SSSR count). The molecule has 0 saturated heterocycles. The van der Waals surface area contributed by atoms with Crippen LogP contribution in [-0.2, 0) is 0 Å². The third-order valence-corrected chi connectivity index (χ3v) is 1.86. The molecule has 0 fully saturated rings. The fraction of sp³-hybridized carbons (Fsp3) is 0.250. The Morgan fingerprint density at radius 2 is 2.36 bits per heavy atom. The quantitative estimate of drug-likeness (QED) is 0.411. The SMILES string of the molecule is C#CCCOc1c(C)cccc1C=O. The molecule has 0 aliphatic carbocycles. The number of para-hydroxylation sites is 1. The van der Waals surface area contributed by atoms with Crippen molar-refractivity contribution in [1.82, 2.24) is 0 Å². The van der Waals surface area contributed by atoms with Crippen LogP contribution in [0.2, 0.25) is 0 Å². The van der Waals surface area contributed by atoms with E-state index in [9.17, 15) is 4.79 Å². The average Bonchev–Trinajstić information content (AvgIpc) is 2.20. The molecular weight excluding hydrogens is 176 g/mol. The molecule has 0 saturated carbocycles. The summed E-state index contributed by atoms with van der Waals surface area (Å²) < 4.78 is 5.43. The van der Waals surface area contributed by atoms with Gasteiger partial charge in [0.2, 0.25) is 0 Å². The van der Waals surface area contributed by atoms with Gasteiger partial charge in [-0.3, -0.25) is 4.79 Å². The number of aldehydes is 1. The van der Waals surface area contributed by atoms with Crippen molar-refractivity contribution < 1.29 is 9.53 Å². The standard InChI is InChI=1S/C12H12O2/c1-3-4-8-14-12-10(2)6-5-7-11(12)9-13/h1,5-7,9H,4,8H2,2H3. The topological polar surface area (TPSA) is 26.3 Å². The van der Waals surface area contributed by atoms with Crippen molar-refractivity contribution in [3.8, 4) is 18.1 Å². The number of carbonyl (C=O) groups is 1. The molecule has 1 aromatic rings. The normalized spacial score (nSPS) is 9.14. The van der Waals surface area contributed by atoms with E-state index in [1.807, 2.05) is 19.1 Å². The lowest BCUT2D eigenvalue weighted by Gasteiger charge is -2.09. The van der Waals surface area contributed by atoms with Crippen LogP contribution in [0.15, 0.2) is 18.2 Å². The van der Waals surface area contributed by atoms with Crippen LogP contribution in [0.3, 0.4) is 0 Å².